The summed E-state index contributed by atoms with van der Waals surface area (Å²) in [6.45, 7) is 9.06. The SMILES string of the molecule is CCCNCCCCCCNCC. The zero-order chi connectivity index (χ0) is 9.78. The molecule has 80 valence electrons. The van der Waals surface area contributed by atoms with E-state index in [4.69, 9.17) is 0 Å². The molecular formula is C11H26N2. The minimum Gasteiger partial charge on any atom is -0.317 e. The summed E-state index contributed by atoms with van der Waals surface area (Å²) in [5, 5.41) is 6.77. The quantitative estimate of drug-likeness (QED) is 0.511. The van der Waals surface area contributed by atoms with Gasteiger partial charge in [0.25, 0.3) is 0 Å². The molecular weight excluding hydrogens is 160 g/mol. The molecule has 0 bridgehead atoms. The first kappa shape index (κ1) is 12.9. The van der Waals surface area contributed by atoms with Crippen LogP contribution >= 0.6 is 0 Å². The van der Waals surface area contributed by atoms with E-state index in [1.54, 1.807) is 0 Å². The Balaban J connectivity index is 2.76. The lowest BCUT2D eigenvalue weighted by Gasteiger charge is -2.03. The van der Waals surface area contributed by atoms with Gasteiger partial charge in [-0.05, 0) is 45.4 Å². The van der Waals surface area contributed by atoms with Crippen LogP contribution in [-0.4, -0.2) is 26.2 Å². The van der Waals surface area contributed by atoms with Crippen molar-refractivity contribution in [3.8, 4) is 0 Å². The van der Waals surface area contributed by atoms with Crippen LogP contribution in [0.2, 0.25) is 0 Å². The van der Waals surface area contributed by atoms with Crippen molar-refractivity contribution in [1.29, 1.82) is 0 Å². The number of unbranched alkanes of at least 4 members (excludes halogenated alkanes) is 3. The first-order valence-corrected chi connectivity index (χ1v) is 5.83. The minimum atomic E-state index is 1.11. The van der Waals surface area contributed by atoms with Crippen molar-refractivity contribution < 1.29 is 0 Å². The molecule has 0 aromatic rings. The van der Waals surface area contributed by atoms with E-state index in [0.717, 1.165) is 6.54 Å². The summed E-state index contributed by atoms with van der Waals surface area (Å²) in [4.78, 5) is 0. The van der Waals surface area contributed by atoms with Crippen molar-refractivity contribution in [1.82, 2.24) is 10.6 Å². The van der Waals surface area contributed by atoms with Gasteiger partial charge in [0.15, 0.2) is 0 Å². The smallest absolute Gasteiger partial charge is 0.00489 e. The van der Waals surface area contributed by atoms with Crippen LogP contribution in [0.15, 0.2) is 0 Å². The number of hydrogen-bond donors (Lipinski definition) is 2. The molecule has 0 heterocycles. The summed E-state index contributed by atoms with van der Waals surface area (Å²) in [6.07, 6.45) is 6.68. The molecule has 0 fully saturated rings. The highest BCUT2D eigenvalue weighted by Gasteiger charge is 1.89. The van der Waals surface area contributed by atoms with Crippen molar-refractivity contribution in [2.45, 2.75) is 46.0 Å². The lowest BCUT2D eigenvalue weighted by molar-refractivity contribution is 0.567. The Labute approximate surface area is 83.5 Å². The molecule has 13 heavy (non-hydrogen) atoms. The highest BCUT2D eigenvalue weighted by Crippen LogP contribution is 1.97. The van der Waals surface area contributed by atoms with Crippen LogP contribution in [0.5, 0.6) is 0 Å². The van der Waals surface area contributed by atoms with E-state index < -0.39 is 0 Å². The van der Waals surface area contributed by atoms with Crippen LogP contribution < -0.4 is 10.6 Å². The van der Waals surface area contributed by atoms with Crippen LogP contribution in [0.3, 0.4) is 0 Å². The van der Waals surface area contributed by atoms with Gasteiger partial charge in [-0.2, -0.15) is 0 Å². The van der Waals surface area contributed by atoms with E-state index in [-0.39, 0.29) is 0 Å². The Kier molecular flexibility index (Phi) is 11.8. The van der Waals surface area contributed by atoms with Crippen LogP contribution in [0.25, 0.3) is 0 Å². The molecule has 0 unspecified atom stereocenters. The molecule has 0 aromatic carbocycles. The van der Waals surface area contributed by atoms with Gasteiger partial charge < -0.3 is 10.6 Å². The maximum Gasteiger partial charge on any atom is -0.00489 e. The van der Waals surface area contributed by atoms with E-state index >= 15 is 0 Å². The second kappa shape index (κ2) is 11.9. The topological polar surface area (TPSA) is 24.1 Å². The third-order valence-electron chi connectivity index (χ3n) is 2.13. The van der Waals surface area contributed by atoms with Gasteiger partial charge in [-0.25, -0.2) is 0 Å². The van der Waals surface area contributed by atoms with E-state index in [1.807, 2.05) is 0 Å². The highest BCUT2D eigenvalue weighted by atomic mass is 14.8. The molecule has 2 heteroatoms. The minimum absolute atomic E-state index is 1.11. The second-order valence-corrected chi connectivity index (χ2v) is 3.52. The van der Waals surface area contributed by atoms with Crippen molar-refractivity contribution in [3.05, 3.63) is 0 Å². The number of nitrogens with one attached hydrogen (secondary N) is 2. The largest absolute Gasteiger partial charge is 0.317 e. The monoisotopic (exact) mass is 186 g/mol. The van der Waals surface area contributed by atoms with Gasteiger partial charge in [0.2, 0.25) is 0 Å². The zero-order valence-electron chi connectivity index (χ0n) is 9.36. The second-order valence-electron chi connectivity index (χ2n) is 3.52. The fourth-order valence-electron chi connectivity index (χ4n) is 1.33. The Hall–Kier alpha value is -0.0800. The van der Waals surface area contributed by atoms with Gasteiger partial charge >= 0.3 is 0 Å². The van der Waals surface area contributed by atoms with Crippen LogP contribution in [0.4, 0.5) is 0 Å². The van der Waals surface area contributed by atoms with E-state index in [1.165, 1.54) is 51.7 Å². The third kappa shape index (κ3) is 11.9. The predicted octanol–water partition coefficient (Wildman–Crippen LogP) is 2.16. The average molecular weight is 186 g/mol. The Morgan fingerprint density at radius 1 is 0.692 bits per heavy atom. The molecule has 0 aliphatic carbocycles. The maximum absolute atomic E-state index is 3.42. The first-order chi connectivity index (χ1) is 6.41. The molecule has 0 atom stereocenters. The molecule has 0 aromatic heterocycles. The first-order valence-electron chi connectivity index (χ1n) is 5.83. The van der Waals surface area contributed by atoms with E-state index in [9.17, 15) is 0 Å². The van der Waals surface area contributed by atoms with Crippen molar-refractivity contribution in [3.63, 3.8) is 0 Å². The highest BCUT2D eigenvalue weighted by molar-refractivity contribution is 4.50. The number of rotatable bonds is 10. The zero-order valence-corrected chi connectivity index (χ0v) is 9.36. The molecule has 0 radical (unpaired) electrons. The maximum atomic E-state index is 3.42. The van der Waals surface area contributed by atoms with Gasteiger partial charge in [0.1, 0.15) is 0 Å². The fraction of sp³-hybridized carbons (Fsp3) is 1.00. The van der Waals surface area contributed by atoms with Crippen LogP contribution in [0.1, 0.15) is 46.0 Å². The summed E-state index contributed by atoms with van der Waals surface area (Å²) in [7, 11) is 0. The van der Waals surface area contributed by atoms with Crippen LogP contribution in [0, 0.1) is 0 Å². The van der Waals surface area contributed by atoms with Crippen molar-refractivity contribution in [2.24, 2.45) is 0 Å². The molecule has 0 rings (SSSR count). The van der Waals surface area contributed by atoms with Gasteiger partial charge in [0.05, 0.1) is 0 Å². The molecule has 0 saturated heterocycles. The molecule has 0 spiro atoms. The molecule has 0 amide bonds. The fourth-order valence-corrected chi connectivity index (χ4v) is 1.33. The normalized spacial score (nSPS) is 10.6. The number of hydrogen-bond acceptors (Lipinski definition) is 2. The Bertz CT molecular complexity index is 74.2. The Morgan fingerprint density at radius 2 is 1.31 bits per heavy atom. The third-order valence-corrected chi connectivity index (χ3v) is 2.13. The molecule has 0 aliphatic rings. The van der Waals surface area contributed by atoms with Crippen LogP contribution in [-0.2, 0) is 0 Å². The van der Waals surface area contributed by atoms with Gasteiger partial charge in [-0.3, -0.25) is 0 Å². The summed E-state index contributed by atoms with van der Waals surface area (Å²) >= 11 is 0. The van der Waals surface area contributed by atoms with E-state index in [2.05, 4.69) is 24.5 Å². The van der Waals surface area contributed by atoms with Gasteiger partial charge in [0, 0.05) is 0 Å². The van der Waals surface area contributed by atoms with E-state index in [0.29, 0.717) is 0 Å². The lowest BCUT2D eigenvalue weighted by atomic mass is 10.2. The average Bonchev–Trinajstić information content (AvgIpc) is 2.16. The predicted molar refractivity (Wildman–Crippen MR) is 60.2 cm³/mol. The van der Waals surface area contributed by atoms with Crippen molar-refractivity contribution >= 4 is 0 Å². The molecule has 2 N–H and O–H groups in total. The molecule has 2 nitrogen and oxygen atoms in total. The standard InChI is InChI=1S/C11H26N2/c1-3-9-13-11-8-6-5-7-10-12-4-2/h12-13H,3-11H2,1-2H3. The summed E-state index contributed by atoms with van der Waals surface area (Å²) in [6, 6.07) is 0. The summed E-state index contributed by atoms with van der Waals surface area (Å²) < 4.78 is 0. The lowest BCUT2D eigenvalue weighted by Crippen LogP contribution is -2.16. The van der Waals surface area contributed by atoms with Crippen molar-refractivity contribution in [2.75, 3.05) is 26.2 Å². The summed E-state index contributed by atoms with van der Waals surface area (Å²) in [5.41, 5.74) is 0. The summed E-state index contributed by atoms with van der Waals surface area (Å²) in [5.74, 6) is 0. The molecule has 0 aliphatic heterocycles. The van der Waals surface area contributed by atoms with Gasteiger partial charge in [-0.1, -0.05) is 26.7 Å². The van der Waals surface area contributed by atoms with Gasteiger partial charge in [-0.15, -0.1) is 0 Å². The Morgan fingerprint density at radius 3 is 1.85 bits per heavy atom. The molecule has 0 saturated carbocycles.